The first-order valence-corrected chi connectivity index (χ1v) is 17.0. The van der Waals surface area contributed by atoms with Crippen molar-refractivity contribution in [3.05, 3.63) is 90.0 Å². The van der Waals surface area contributed by atoms with Gasteiger partial charge in [0.05, 0.1) is 19.1 Å². The maximum absolute atomic E-state index is 14.0. The van der Waals surface area contributed by atoms with Crippen LogP contribution in [-0.2, 0) is 32.8 Å². The van der Waals surface area contributed by atoms with Crippen LogP contribution in [0.3, 0.4) is 0 Å². The average molecular weight is 622 g/mol. The fourth-order valence-corrected chi connectivity index (χ4v) is 6.34. The summed E-state index contributed by atoms with van der Waals surface area (Å²) in [4.78, 5) is 29.1. The van der Waals surface area contributed by atoms with Crippen molar-refractivity contribution in [3.8, 4) is 11.5 Å². The van der Waals surface area contributed by atoms with Crippen LogP contribution in [0.25, 0.3) is 0 Å². The fourth-order valence-electron chi connectivity index (χ4n) is 5.49. The largest absolute Gasteiger partial charge is 0.497 e. The number of nitrogens with one attached hydrogen (secondary N) is 1. The van der Waals surface area contributed by atoms with Crippen LogP contribution in [0, 0.1) is 0 Å². The van der Waals surface area contributed by atoms with E-state index in [2.05, 4.69) is 5.32 Å². The second-order valence-electron chi connectivity index (χ2n) is 11.2. The molecule has 1 unspecified atom stereocenters. The molecule has 1 aliphatic carbocycles. The van der Waals surface area contributed by atoms with E-state index in [0.717, 1.165) is 53.8 Å². The van der Waals surface area contributed by atoms with Gasteiger partial charge >= 0.3 is 0 Å². The zero-order valence-electron chi connectivity index (χ0n) is 25.8. The summed E-state index contributed by atoms with van der Waals surface area (Å²) in [6.45, 7) is 1.89. The number of nitrogens with zero attached hydrogens (tertiary/aromatic N) is 2. The molecule has 0 aromatic heterocycles. The zero-order chi connectivity index (χ0) is 31.5. The number of carbonyl (C=O) groups is 2. The second kappa shape index (κ2) is 15.6. The average Bonchev–Trinajstić information content (AvgIpc) is 3.03. The van der Waals surface area contributed by atoms with Gasteiger partial charge in [-0.2, -0.15) is 0 Å². The van der Waals surface area contributed by atoms with Crippen molar-refractivity contribution in [2.45, 2.75) is 70.7 Å². The standard InChI is InChI=1S/C34H43N3O6S/c1-4-32(34(39)35-28-15-9-6-10-16-28)36(23-27-14-11-17-31(22-27)42-2)33(38)24-37(44(3,40)41)29-18-20-30(21-19-29)43-25-26-12-7-5-8-13-26/h5,7-8,11-14,17-22,28,32H,4,6,9-10,15-16,23-25H2,1-3H3,(H,35,39). The number of amides is 2. The van der Waals surface area contributed by atoms with Gasteiger partial charge in [0.2, 0.25) is 21.8 Å². The molecule has 9 nitrogen and oxygen atoms in total. The molecule has 0 spiro atoms. The molecular formula is C34H43N3O6S. The molecule has 1 N–H and O–H groups in total. The van der Waals surface area contributed by atoms with Crippen LogP contribution in [0.4, 0.5) is 5.69 Å². The first kappa shape index (κ1) is 32.9. The summed E-state index contributed by atoms with van der Waals surface area (Å²) >= 11 is 0. The molecular weight excluding hydrogens is 578 g/mol. The van der Waals surface area contributed by atoms with Crippen LogP contribution in [0.2, 0.25) is 0 Å². The summed E-state index contributed by atoms with van der Waals surface area (Å²) in [7, 11) is -2.28. The molecule has 1 atom stereocenters. The zero-order valence-corrected chi connectivity index (χ0v) is 26.6. The summed E-state index contributed by atoms with van der Waals surface area (Å²) < 4.78 is 38.3. The van der Waals surface area contributed by atoms with E-state index in [-0.39, 0.29) is 18.5 Å². The van der Waals surface area contributed by atoms with E-state index in [0.29, 0.717) is 30.2 Å². The molecule has 1 aliphatic rings. The Balaban J connectivity index is 1.56. The third kappa shape index (κ3) is 9.22. The van der Waals surface area contributed by atoms with E-state index in [9.17, 15) is 18.0 Å². The van der Waals surface area contributed by atoms with Gasteiger partial charge in [-0.1, -0.05) is 68.7 Å². The lowest BCUT2D eigenvalue weighted by atomic mass is 9.95. The summed E-state index contributed by atoms with van der Waals surface area (Å²) in [5.74, 6) is 0.499. The first-order chi connectivity index (χ1) is 21.2. The highest BCUT2D eigenvalue weighted by molar-refractivity contribution is 7.92. The van der Waals surface area contributed by atoms with Crippen molar-refractivity contribution in [2.75, 3.05) is 24.2 Å². The van der Waals surface area contributed by atoms with Gasteiger partial charge in [0.1, 0.15) is 30.7 Å². The Labute approximate surface area is 261 Å². The van der Waals surface area contributed by atoms with Crippen molar-refractivity contribution < 1.29 is 27.5 Å². The molecule has 0 bridgehead atoms. The van der Waals surface area contributed by atoms with Crippen LogP contribution in [0.15, 0.2) is 78.9 Å². The topological polar surface area (TPSA) is 105 Å². The van der Waals surface area contributed by atoms with Crippen LogP contribution >= 0.6 is 0 Å². The van der Waals surface area contributed by atoms with E-state index >= 15 is 0 Å². The van der Waals surface area contributed by atoms with Crippen molar-refractivity contribution in [1.82, 2.24) is 10.2 Å². The Kier molecular flexibility index (Phi) is 11.7. The number of ether oxygens (including phenoxy) is 2. The van der Waals surface area contributed by atoms with Crippen molar-refractivity contribution in [2.24, 2.45) is 0 Å². The maximum Gasteiger partial charge on any atom is 0.244 e. The number of rotatable bonds is 14. The number of methoxy groups -OCH3 is 1. The maximum atomic E-state index is 14.0. The Morgan fingerprint density at radius 1 is 0.909 bits per heavy atom. The number of anilines is 1. The number of hydrogen-bond donors (Lipinski definition) is 1. The molecule has 3 aromatic carbocycles. The molecule has 1 fully saturated rings. The number of benzene rings is 3. The van der Waals surface area contributed by atoms with Gasteiger partial charge in [-0.05, 0) is 66.8 Å². The summed E-state index contributed by atoms with van der Waals surface area (Å²) in [5, 5.41) is 3.16. The Morgan fingerprint density at radius 2 is 1.59 bits per heavy atom. The van der Waals surface area contributed by atoms with E-state index in [1.54, 1.807) is 37.4 Å². The normalized spacial score (nSPS) is 14.3. The molecule has 236 valence electrons. The fraction of sp³-hybridized carbons (Fsp3) is 0.412. The monoisotopic (exact) mass is 621 g/mol. The molecule has 4 rings (SSSR count). The van der Waals surface area contributed by atoms with Gasteiger partial charge in [-0.15, -0.1) is 0 Å². The highest BCUT2D eigenvalue weighted by Gasteiger charge is 2.33. The molecule has 44 heavy (non-hydrogen) atoms. The predicted octanol–water partition coefficient (Wildman–Crippen LogP) is 5.30. The Morgan fingerprint density at radius 3 is 2.23 bits per heavy atom. The third-order valence-corrected chi connectivity index (χ3v) is 9.02. The van der Waals surface area contributed by atoms with Crippen LogP contribution in [0.1, 0.15) is 56.6 Å². The third-order valence-electron chi connectivity index (χ3n) is 7.88. The van der Waals surface area contributed by atoms with Gasteiger partial charge in [0, 0.05) is 12.6 Å². The molecule has 0 aliphatic heterocycles. The van der Waals surface area contributed by atoms with Gasteiger partial charge in [-0.25, -0.2) is 8.42 Å². The van der Waals surface area contributed by atoms with E-state index in [1.807, 2.05) is 55.5 Å². The minimum Gasteiger partial charge on any atom is -0.497 e. The lowest BCUT2D eigenvalue weighted by Gasteiger charge is -2.34. The highest BCUT2D eigenvalue weighted by Crippen LogP contribution is 2.24. The van der Waals surface area contributed by atoms with Crippen molar-refractivity contribution in [3.63, 3.8) is 0 Å². The molecule has 0 radical (unpaired) electrons. The molecule has 0 saturated heterocycles. The lowest BCUT2D eigenvalue weighted by Crippen LogP contribution is -2.53. The molecule has 10 heteroatoms. The molecule has 1 saturated carbocycles. The van der Waals surface area contributed by atoms with Crippen molar-refractivity contribution in [1.29, 1.82) is 0 Å². The lowest BCUT2D eigenvalue weighted by molar-refractivity contribution is -0.140. The minimum absolute atomic E-state index is 0.0780. The van der Waals surface area contributed by atoms with Gasteiger partial charge in [0.15, 0.2) is 0 Å². The van der Waals surface area contributed by atoms with Gasteiger partial charge in [0.25, 0.3) is 0 Å². The summed E-state index contributed by atoms with van der Waals surface area (Å²) in [6.07, 6.45) is 6.56. The predicted molar refractivity (Wildman–Crippen MR) is 172 cm³/mol. The van der Waals surface area contributed by atoms with Crippen LogP contribution in [0.5, 0.6) is 11.5 Å². The second-order valence-corrected chi connectivity index (χ2v) is 13.1. The SMILES string of the molecule is CCC(C(=O)NC1CCCCC1)N(Cc1cccc(OC)c1)C(=O)CN(c1ccc(OCc2ccccc2)cc1)S(C)(=O)=O. The van der Waals surface area contributed by atoms with E-state index in [1.165, 1.54) is 4.90 Å². The Hall–Kier alpha value is -4.05. The highest BCUT2D eigenvalue weighted by atomic mass is 32.2. The first-order valence-electron chi connectivity index (χ1n) is 15.1. The van der Waals surface area contributed by atoms with Gasteiger partial charge < -0.3 is 19.7 Å². The number of sulfonamides is 1. The molecule has 0 heterocycles. The van der Waals surface area contributed by atoms with E-state index < -0.39 is 28.5 Å². The molecule has 2 amide bonds. The number of carbonyl (C=O) groups excluding carboxylic acids is 2. The minimum atomic E-state index is -3.85. The van der Waals surface area contributed by atoms with Crippen LogP contribution < -0.4 is 19.1 Å². The summed E-state index contributed by atoms with van der Waals surface area (Å²) in [6, 6.07) is 22.9. The number of hydrogen-bond acceptors (Lipinski definition) is 6. The van der Waals surface area contributed by atoms with Gasteiger partial charge in [-0.3, -0.25) is 13.9 Å². The van der Waals surface area contributed by atoms with Crippen molar-refractivity contribution >= 4 is 27.5 Å². The quantitative estimate of drug-likeness (QED) is 0.262. The van der Waals surface area contributed by atoms with Crippen LogP contribution in [-0.4, -0.2) is 57.1 Å². The summed E-state index contributed by atoms with van der Waals surface area (Å²) in [5.41, 5.74) is 2.11. The van der Waals surface area contributed by atoms with E-state index in [4.69, 9.17) is 9.47 Å². The smallest absolute Gasteiger partial charge is 0.244 e. The molecule has 3 aromatic rings. The Bertz CT molecular complexity index is 1470.